The summed E-state index contributed by atoms with van der Waals surface area (Å²) in [6.45, 7) is 1.82. The van der Waals surface area contributed by atoms with Crippen LogP contribution in [-0.2, 0) is 6.54 Å². The SMILES string of the molecule is CNCCCN1Cc2ccccc2N(c2ccc(F)cc2)S1(O)O.Cl. The lowest BCUT2D eigenvalue weighted by atomic mass is 10.1. The minimum Gasteiger partial charge on any atom is -0.320 e. The summed E-state index contributed by atoms with van der Waals surface area (Å²) >= 11 is 0. The maximum absolute atomic E-state index is 13.3. The van der Waals surface area contributed by atoms with E-state index in [4.69, 9.17) is 0 Å². The summed E-state index contributed by atoms with van der Waals surface area (Å²) in [4.78, 5) is 0. The molecule has 0 aromatic heterocycles. The third kappa shape index (κ3) is 4.08. The van der Waals surface area contributed by atoms with E-state index in [2.05, 4.69) is 5.32 Å². The molecule has 0 atom stereocenters. The average molecular weight is 388 g/mol. The molecule has 0 radical (unpaired) electrons. The summed E-state index contributed by atoms with van der Waals surface area (Å²) < 4.78 is 38.4. The molecule has 0 saturated carbocycles. The van der Waals surface area contributed by atoms with Gasteiger partial charge in [0.2, 0.25) is 0 Å². The number of nitrogens with one attached hydrogen (secondary N) is 1. The highest BCUT2D eigenvalue weighted by molar-refractivity contribution is 8.23. The first-order valence-corrected chi connectivity index (χ1v) is 9.32. The van der Waals surface area contributed by atoms with Crippen molar-refractivity contribution in [2.75, 3.05) is 24.4 Å². The van der Waals surface area contributed by atoms with Gasteiger partial charge in [-0.25, -0.2) is 8.70 Å². The van der Waals surface area contributed by atoms with Crippen LogP contribution in [0.1, 0.15) is 12.0 Å². The second-order valence-corrected chi connectivity index (χ2v) is 7.57. The molecule has 0 unspecified atom stereocenters. The molecule has 0 spiro atoms. The van der Waals surface area contributed by atoms with Gasteiger partial charge in [-0.3, -0.25) is 9.11 Å². The number of anilines is 2. The largest absolute Gasteiger partial charge is 0.320 e. The van der Waals surface area contributed by atoms with Crippen molar-refractivity contribution < 1.29 is 13.5 Å². The van der Waals surface area contributed by atoms with Crippen molar-refractivity contribution in [2.45, 2.75) is 13.0 Å². The molecule has 1 aliphatic rings. The number of para-hydroxylation sites is 1. The number of hydrogen-bond donors (Lipinski definition) is 3. The second kappa shape index (κ2) is 8.35. The first-order valence-electron chi connectivity index (χ1n) is 7.85. The number of benzene rings is 2. The summed E-state index contributed by atoms with van der Waals surface area (Å²) in [6, 6.07) is 13.4. The predicted molar refractivity (Wildman–Crippen MR) is 104 cm³/mol. The molecule has 2 aromatic carbocycles. The van der Waals surface area contributed by atoms with Crippen LogP contribution in [0.25, 0.3) is 0 Å². The van der Waals surface area contributed by atoms with Crippen molar-refractivity contribution in [1.29, 1.82) is 0 Å². The van der Waals surface area contributed by atoms with Crippen LogP contribution in [-0.4, -0.2) is 33.5 Å². The van der Waals surface area contributed by atoms with E-state index >= 15 is 0 Å². The fraction of sp³-hybridized carbons (Fsp3) is 0.294. The molecule has 0 aliphatic carbocycles. The molecule has 0 amide bonds. The van der Waals surface area contributed by atoms with E-state index in [0.29, 0.717) is 18.8 Å². The van der Waals surface area contributed by atoms with Gasteiger partial charge in [-0.15, -0.1) is 12.4 Å². The first-order chi connectivity index (χ1) is 11.5. The lowest BCUT2D eigenvalue weighted by molar-refractivity contribution is 0.331. The minimum absolute atomic E-state index is 0. The summed E-state index contributed by atoms with van der Waals surface area (Å²) in [5.41, 5.74) is 2.31. The van der Waals surface area contributed by atoms with Gasteiger partial charge in [-0.05, 0) is 66.9 Å². The van der Waals surface area contributed by atoms with Crippen LogP contribution in [0.4, 0.5) is 15.8 Å². The Morgan fingerprint density at radius 1 is 1.12 bits per heavy atom. The van der Waals surface area contributed by atoms with Crippen LogP contribution in [0, 0.1) is 5.82 Å². The summed E-state index contributed by atoms with van der Waals surface area (Å²) in [5.74, 6) is -0.355. The monoisotopic (exact) mass is 387 g/mol. The van der Waals surface area contributed by atoms with E-state index in [1.165, 1.54) is 16.4 Å². The number of hydrogen-bond acceptors (Lipinski definition) is 5. The number of nitrogens with zero attached hydrogens (tertiary/aromatic N) is 2. The molecule has 138 valence electrons. The molecule has 0 fully saturated rings. The zero-order valence-electron chi connectivity index (χ0n) is 13.9. The zero-order chi connectivity index (χ0) is 17.2. The van der Waals surface area contributed by atoms with Crippen molar-refractivity contribution in [1.82, 2.24) is 9.62 Å². The molecule has 3 N–H and O–H groups in total. The van der Waals surface area contributed by atoms with E-state index in [9.17, 15) is 13.5 Å². The van der Waals surface area contributed by atoms with Gasteiger partial charge in [0.15, 0.2) is 0 Å². The molecular formula is C17H23ClFN3O2S. The van der Waals surface area contributed by atoms with Crippen molar-refractivity contribution in [2.24, 2.45) is 0 Å². The van der Waals surface area contributed by atoms with E-state index in [1.54, 1.807) is 16.4 Å². The van der Waals surface area contributed by atoms with Crippen LogP contribution >= 0.6 is 23.4 Å². The van der Waals surface area contributed by atoms with Gasteiger partial charge in [-0.1, -0.05) is 18.2 Å². The van der Waals surface area contributed by atoms with Crippen LogP contribution in [0.15, 0.2) is 48.5 Å². The molecule has 5 nitrogen and oxygen atoms in total. The summed E-state index contributed by atoms with van der Waals surface area (Å²) in [7, 11) is -1.34. The van der Waals surface area contributed by atoms with Crippen LogP contribution in [0.2, 0.25) is 0 Å². The predicted octanol–water partition coefficient (Wildman–Crippen LogP) is 4.39. The molecule has 0 bridgehead atoms. The van der Waals surface area contributed by atoms with Crippen molar-refractivity contribution in [3.05, 3.63) is 59.9 Å². The van der Waals surface area contributed by atoms with Crippen molar-refractivity contribution >= 4 is 34.7 Å². The minimum atomic E-state index is -3.21. The van der Waals surface area contributed by atoms with Gasteiger partial charge in [0, 0.05) is 13.1 Å². The maximum atomic E-state index is 13.3. The van der Waals surface area contributed by atoms with E-state index in [1.807, 2.05) is 31.3 Å². The Bertz CT molecular complexity index is 703. The first kappa shape index (κ1) is 20.0. The number of halogens is 2. The van der Waals surface area contributed by atoms with E-state index < -0.39 is 11.0 Å². The van der Waals surface area contributed by atoms with E-state index in [-0.39, 0.29) is 18.2 Å². The van der Waals surface area contributed by atoms with E-state index in [0.717, 1.165) is 24.2 Å². The molecule has 8 heteroatoms. The summed E-state index contributed by atoms with van der Waals surface area (Å²) in [6.07, 6.45) is 0.797. The van der Waals surface area contributed by atoms with Gasteiger partial charge in [-0.2, -0.15) is 4.31 Å². The highest BCUT2D eigenvalue weighted by atomic mass is 35.5. The maximum Gasteiger partial charge on any atom is 0.123 e. The van der Waals surface area contributed by atoms with Gasteiger partial charge in [0.1, 0.15) is 5.82 Å². The third-order valence-corrected chi connectivity index (χ3v) is 5.95. The van der Waals surface area contributed by atoms with Gasteiger partial charge >= 0.3 is 0 Å². The lowest BCUT2D eigenvalue weighted by Crippen LogP contribution is -2.42. The van der Waals surface area contributed by atoms with Gasteiger partial charge < -0.3 is 5.32 Å². The Kier molecular flexibility index (Phi) is 6.67. The topological polar surface area (TPSA) is 59.0 Å². The Labute approximate surface area is 155 Å². The van der Waals surface area contributed by atoms with Crippen LogP contribution in [0.3, 0.4) is 0 Å². The van der Waals surface area contributed by atoms with Crippen LogP contribution in [0.5, 0.6) is 0 Å². The Balaban J connectivity index is 0.00000225. The molecule has 2 aromatic rings. The zero-order valence-corrected chi connectivity index (χ0v) is 15.6. The molecule has 0 saturated heterocycles. The second-order valence-electron chi connectivity index (χ2n) is 5.71. The average Bonchev–Trinajstić information content (AvgIpc) is 2.56. The fourth-order valence-corrected chi connectivity index (χ4v) is 4.62. The fourth-order valence-electron chi connectivity index (χ4n) is 2.86. The third-order valence-electron chi connectivity index (χ3n) is 4.04. The highest BCUT2D eigenvalue weighted by Gasteiger charge is 2.37. The smallest absolute Gasteiger partial charge is 0.123 e. The normalized spacial score (nSPS) is 17.5. The van der Waals surface area contributed by atoms with Gasteiger partial charge in [0.05, 0.1) is 11.4 Å². The van der Waals surface area contributed by atoms with Crippen LogP contribution < -0.4 is 9.62 Å². The Hall–Kier alpha value is -1.35. The van der Waals surface area contributed by atoms with Crippen molar-refractivity contribution in [3.63, 3.8) is 0 Å². The molecule has 1 aliphatic heterocycles. The summed E-state index contributed by atoms with van der Waals surface area (Å²) in [5, 5.41) is 3.07. The molecular weight excluding hydrogens is 365 g/mol. The quantitative estimate of drug-likeness (QED) is 0.664. The number of rotatable bonds is 5. The molecule has 25 heavy (non-hydrogen) atoms. The standard InChI is InChI=1S/C17H22FN3O2S.ClH/c1-19-11-4-12-20-13-14-5-2-3-6-17(14)21(24(20,22)23)16-9-7-15(18)8-10-16;/h2-3,5-10,19,22-23H,4,11-13H2,1H3;1H. The van der Waals surface area contributed by atoms with Crippen molar-refractivity contribution in [3.8, 4) is 0 Å². The Morgan fingerprint density at radius 2 is 1.80 bits per heavy atom. The van der Waals surface area contributed by atoms with Gasteiger partial charge in [0.25, 0.3) is 0 Å². The highest BCUT2D eigenvalue weighted by Crippen LogP contribution is 2.58. The number of fused-ring (bicyclic) bond motifs is 1. The lowest BCUT2D eigenvalue weighted by Gasteiger charge is -2.54. The molecule has 3 rings (SSSR count). The Morgan fingerprint density at radius 3 is 2.48 bits per heavy atom. The molecule has 1 heterocycles.